The molecule has 0 radical (unpaired) electrons. The van der Waals surface area contributed by atoms with E-state index in [1.165, 1.54) is 19.1 Å². The van der Waals surface area contributed by atoms with Crippen LogP contribution in [0.2, 0.25) is 5.02 Å². The van der Waals surface area contributed by atoms with Crippen LogP contribution in [0.5, 0.6) is 5.75 Å². The summed E-state index contributed by atoms with van der Waals surface area (Å²) in [5, 5.41) is 2.46. The molecule has 1 aromatic carbocycles. The number of ether oxygens (including phenoxy) is 3. The molecule has 1 aromatic heterocycles. The molecule has 2 aromatic rings. The van der Waals surface area contributed by atoms with Crippen LogP contribution in [0.25, 0.3) is 0 Å². The predicted octanol–water partition coefficient (Wildman–Crippen LogP) is 3.51. The molecule has 2 amide bonds. The van der Waals surface area contributed by atoms with Crippen molar-refractivity contribution in [2.45, 2.75) is 53.5 Å². The second-order valence-corrected chi connectivity index (χ2v) is 8.51. The third-order valence-corrected chi connectivity index (χ3v) is 6.13. The Morgan fingerprint density at radius 1 is 1.19 bits per heavy atom. The molecule has 37 heavy (non-hydrogen) atoms. The summed E-state index contributed by atoms with van der Waals surface area (Å²) in [5.41, 5.74) is -0.660. The van der Waals surface area contributed by atoms with Gasteiger partial charge in [0.15, 0.2) is 5.69 Å². The Labute approximate surface area is 218 Å². The van der Waals surface area contributed by atoms with Crippen molar-refractivity contribution in [2.75, 3.05) is 19.7 Å². The van der Waals surface area contributed by atoms with Gasteiger partial charge < -0.3 is 29.0 Å². The highest BCUT2D eigenvalue weighted by molar-refractivity contribution is 6.30. The zero-order chi connectivity index (χ0) is 27.3. The van der Waals surface area contributed by atoms with Gasteiger partial charge in [0.05, 0.1) is 11.6 Å². The van der Waals surface area contributed by atoms with E-state index in [0.717, 1.165) is 0 Å². The molecule has 10 nitrogen and oxygen atoms in total. The summed E-state index contributed by atoms with van der Waals surface area (Å²) < 4.78 is 31.3. The lowest BCUT2D eigenvalue weighted by Crippen LogP contribution is -2.45. The monoisotopic (exact) mass is 537 g/mol. The first kappa shape index (κ1) is 28.0. The lowest BCUT2D eigenvalue weighted by atomic mass is 10.0. The molecule has 1 unspecified atom stereocenters. The Balaban J connectivity index is 2.07. The molecule has 2 heterocycles. The predicted molar refractivity (Wildman–Crippen MR) is 132 cm³/mol. The van der Waals surface area contributed by atoms with Crippen LogP contribution in [0.1, 0.15) is 59.8 Å². The molecule has 0 fully saturated rings. The largest absolute Gasteiger partial charge is 0.511 e. The van der Waals surface area contributed by atoms with Crippen LogP contribution in [0.15, 0.2) is 23.0 Å². The molecule has 1 aliphatic rings. The lowest BCUT2D eigenvalue weighted by molar-refractivity contribution is -0.0531. The third kappa shape index (κ3) is 5.87. The van der Waals surface area contributed by atoms with E-state index in [9.17, 15) is 23.6 Å². The first-order valence-electron chi connectivity index (χ1n) is 11.9. The molecule has 0 bridgehead atoms. The number of nitrogens with zero attached hydrogens (tertiary/aromatic N) is 2. The van der Waals surface area contributed by atoms with Crippen LogP contribution in [-0.4, -0.2) is 53.4 Å². The number of halogens is 2. The van der Waals surface area contributed by atoms with E-state index in [0.29, 0.717) is 25.3 Å². The number of carbonyl (C=O) groups excluding carboxylic acids is 3. The second-order valence-electron chi connectivity index (χ2n) is 8.10. The quantitative estimate of drug-likeness (QED) is 0.384. The maximum Gasteiger partial charge on any atom is 0.511 e. The number of fused-ring (bicyclic) bond motifs is 1. The van der Waals surface area contributed by atoms with Crippen molar-refractivity contribution in [3.05, 3.63) is 61.8 Å². The van der Waals surface area contributed by atoms with Crippen LogP contribution < -0.4 is 15.5 Å². The molecule has 1 aliphatic heterocycles. The molecule has 3 rings (SSSR count). The first-order chi connectivity index (χ1) is 17.6. The van der Waals surface area contributed by atoms with Gasteiger partial charge in [-0.1, -0.05) is 30.7 Å². The smallest absolute Gasteiger partial charge is 0.448 e. The highest BCUT2D eigenvalue weighted by Crippen LogP contribution is 2.26. The van der Waals surface area contributed by atoms with Crippen LogP contribution in [0.3, 0.4) is 0 Å². The Hall–Kier alpha value is -3.60. The maximum absolute atomic E-state index is 14.3. The van der Waals surface area contributed by atoms with E-state index < -0.39 is 41.3 Å². The number of amides is 2. The van der Waals surface area contributed by atoms with Gasteiger partial charge in [-0.25, -0.2) is 9.18 Å². The fourth-order valence-electron chi connectivity index (χ4n) is 4.12. The fraction of sp³-hybridized carbons (Fsp3) is 0.440. The number of hydrogen-bond acceptors (Lipinski definition) is 7. The molecular weight excluding hydrogens is 509 g/mol. The van der Waals surface area contributed by atoms with Crippen molar-refractivity contribution in [1.82, 2.24) is 14.8 Å². The topological polar surface area (TPSA) is 116 Å². The number of nitrogens with one attached hydrogen (secondary N) is 1. The molecule has 1 atom stereocenters. The number of likely N-dealkylation sites (N-methyl/N-ethyl adjacent to an activating group) is 1. The van der Waals surface area contributed by atoms with E-state index in [1.807, 2.05) is 0 Å². The van der Waals surface area contributed by atoms with Crippen molar-refractivity contribution < 1.29 is 33.0 Å². The Bertz CT molecular complexity index is 1260. The maximum atomic E-state index is 14.3. The van der Waals surface area contributed by atoms with E-state index in [4.69, 9.17) is 25.8 Å². The molecular formula is C25H29ClFN3O7. The molecule has 12 heteroatoms. The van der Waals surface area contributed by atoms with Gasteiger partial charge in [0.1, 0.15) is 11.4 Å². The van der Waals surface area contributed by atoms with Crippen LogP contribution in [0, 0.1) is 5.82 Å². The average molecular weight is 538 g/mol. The fourth-order valence-corrected chi connectivity index (χ4v) is 4.31. The molecule has 0 aliphatic carbocycles. The van der Waals surface area contributed by atoms with E-state index >= 15 is 0 Å². The number of benzene rings is 1. The Kier molecular flexibility index (Phi) is 9.14. The minimum atomic E-state index is -1.30. The number of carbonyl (C=O) groups is 3. The zero-order valence-corrected chi connectivity index (χ0v) is 21.8. The zero-order valence-electron chi connectivity index (χ0n) is 21.1. The average Bonchev–Trinajstić information content (AvgIpc) is 2.86. The Morgan fingerprint density at radius 2 is 1.92 bits per heavy atom. The number of hydrogen-bond donors (Lipinski definition) is 1. The molecule has 0 saturated carbocycles. The van der Waals surface area contributed by atoms with Crippen molar-refractivity contribution in [3.63, 3.8) is 0 Å². The van der Waals surface area contributed by atoms with E-state index in [-0.39, 0.29) is 41.4 Å². The summed E-state index contributed by atoms with van der Waals surface area (Å²) in [4.78, 5) is 53.4. The summed E-state index contributed by atoms with van der Waals surface area (Å²) in [7, 11) is 0. The number of rotatable bonds is 9. The molecule has 200 valence electrons. The van der Waals surface area contributed by atoms with Crippen LogP contribution in [0.4, 0.5) is 9.18 Å². The summed E-state index contributed by atoms with van der Waals surface area (Å²) in [6, 6.07) is 4.38. The number of aromatic nitrogens is 1. The van der Waals surface area contributed by atoms with Gasteiger partial charge in [-0.2, -0.15) is 0 Å². The minimum absolute atomic E-state index is 0.0355. The number of pyridine rings is 1. The van der Waals surface area contributed by atoms with E-state index in [1.54, 1.807) is 36.3 Å². The minimum Gasteiger partial charge on any atom is -0.448 e. The highest BCUT2D eigenvalue weighted by atomic mass is 35.5. The van der Waals surface area contributed by atoms with Gasteiger partial charge >= 0.3 is 6.16 Å². The van der Waals surface area contributed by atoms with Crippen LogP contribution >= 0.6 is 11.6 Å². The molecule has 1 N–H and O–H groups in total. The van der Waals surface area contributed by atoms with Gasteiger partial charge in [0, 0.05) is 44.4 Å². The van der Waals surface area contributed by atoms with Crippen molar-refractivity contribution in [2.24, 2.45) is 0 Å². The van der Waals surface area contributed by atoms with E-state index in [2.05, 4.69) is 5.32 Å². The summed E-state index contributed by atoms with van der Waals surface area (Å²) >= 11 is 5.82. The Morgan fingerprint density at radius 3 is 2.57 bits per heavy atom. The van der Waals surface area contributed by atoms with Crippen molar-refractivity contribution in [1.29, 1.82) is 0 Å². The van der Waals surface area contributed by atoms with Gasteiger partial charge in [-0.05, 0) is 26.3 Å². The lowest BCUT2D eigenvalue weighted by Gasteiger charge is -2.33. The van der Waals surface area contributed by atoms with Crippen molar-refractivity contribution >= 4 is 29.6 Å². The second kappa shape index (κ2) is 12.1. The summed E-state index contributed by atoms with van der Waals surface area (Å²) in [6.45, 7) is 7.41. The van der Waals surface area contributed by atoms with Gasteiger partial charge in [-0.3, -0.25) is 14.4 Å². The summed E-state index contributed by atoms with van der Waals surface area (Å²) in [5.74, 6) is -2.32. The highest BCUT2D eigenvalue weighted by Gasteiger charge is 2.35. The molecule has 0 saturated heterocycles. The standard InChI is InChI=1S/C25H29ClFN3O7/c1-5-17-18(23(32)28-13-15-9-8-10-16(26)19(15)27)21(31)22(36-14(4)37-25(34)35-7-3)20-24(33)29(6-2)11-12-30(17)20/h8-10,14H,5-7,11-13H2,1-4H3,(H,28,32). The summed E-state index contributed by atoms with van der Waals surface area (Å²) in [6.07, 6.45) is -2.06. The van der Waals surface area contributed by atoms with Crippen LogP contribution in [-0.2, 0) is 29.0 Å². The molecule has 0 spiro atoms. The first-order valence-corrected chi connectivity index (χ1v) is 12.3. The third-order valence-electron chi connectivity index (χ3n) is 5.84. The van der Waals surface area contributed by atoms with Crippen molar-refractivity contribution in [3.8, 4) is 5.75 Å². The SMILES string of the molecule is CCOC(=O)OC(C)Oc1c2n(c(CC)c(C(=O)NCc3cccc(Cl)c3F)c1=O)CCN(CC)C2=O. The van der Waals surface area contributed by atoms with Gasteiger partial charge in [0.25, 0.3) is 11.8 Å². The normalized spacial score (nSPS) is 13.6. The van der Waals surface area contributed by atoms with Gasteiger partial charge in [0.2, 0.25) is 17.5 Å². The van der Waals surface area contributed by atoms with Gasteiger partial charge in [-0.15, -0.1) is 0 Å².